The fourth-order valence-electron chi connectivity index (χ4n) is 16.4. The van der Waals surface area contributed by atoms with Crippen LogP contribution in [0.15, 0.2) is 11.6 Å². The van der Waals surface area contributed by atoms with E-state index in [1.165, 1.54) is 14.0 Å². The molecular weight excluding hydrogens is 1030 g/mol. The molecule has 0 spiro atoms. The fourth-order valence-corrected chi connectivity index (χ4v) is 16.4. The second kappa shape index (κ2) is 22.1. The van der Waals surface area contributed by atoms with Gasteiger partial charge >= 0.3 is 11.9 Å². The topological polar surface area (TPSA) is 380 Å². The van der Waals surface area contributed by atoms with Gasteiger partial charge in [-0.3, -0.25) is 9.59 Å². The molecule has 24 heteroatoms. The highest BCUT2D eigenvalue weighted by Gasteiger charge is 2.71. The first-order valence-electron chi connectivity index (χ1n) is 27.8. The zero-order chi connectivity index (χ0) is 57.0. The van der Waals surface area contributed by atoms with Crippen LogP contribution in [0.5, 0.6) is 0 Å². The molecule has 24 nitrogen and oxygen atoms in total. The van der Waals surface area contributed by atoms with Crippen LogP contribution in [-0.4, -0.2) is 235 Å². The average molecular weight is 1120 g/mol. The van der Waals surface area contributed by atoms with E-state index in [2.05, 4.69) is 26.8 Å². The molecule has 4 saturated carbocycles. The average Bonchev–Trinajstić information content (AvgIpc) is 3.46. The van der Waals surface area contributed by atoms with Crippen molar-refractivity contribution >= 4 is 11.9 Å². The molecule has 9 rings (SSSR count). The summed E-state index contributed by atoms with van der Waals surface area (Å²) in [5, 5.41) is 140. The second-order valence-corrected chi connectivity index (χ2v) is 25.5. The predicted molar refractivity (Wildman–Crippen MR) is 263 cm³/mol. The summed E-state index contributed by atoms with van der Waals surface area (Å²) in [6.07, 6.45) is -24.6. The standard InChI is InChI=1S/C54H86O24/c1-23-32(59)36(63)39(66)43(72-23)76-42-38(65)35(62)28(20-56)74-46(42)77-41-33(60)26(58)21-71-45(41)75-31-11-12-50(3)29(51(31,4)22-57)10-13-53(6)30(50)9-8-24-25-18-49(2,47(68)70-7)14-16-54(25,17-15-52(24,53)5)48(69)78-44-40(67)37(64)34(61)27(19-55)73-44/h8,23,25-46,55-67H,9-22H2,1-7H3. The normalized spacial score (nSPS) is 54.3. The van der Waals surface area contributed by atoms with Gasteiger partial charge in [-0.2, -0.15) is 0 Å². The molecule has 8 fully saturated rings. The number of aliphatic hydroxyl groups is 13. The summed E-state index contributed by atoms with van der Waals surface area (Å²) >= 11 is 0. The molecule has 0 aromatic rings. The first-order valence-corrected chi connectivity index (χ1v) is 27.8. The van der Waals surface area contributed by atoms with Crippen molar-refractivity contribution < 1.29 is 119 Å². The molecule has 0 bridgehead atoms. The Balaban J connectivity index is 0.977. The quantitative estimate of drug-likeness (QED) is 0.0558. The van der Waals surface area contributed by atoms with Gasteiger partial charge in [0, 0.05) is 5.41 Å². The lowest BCUT2D eigenvalue weighted by atomic mass is 9.33. The molecular formula is C54H86O24. The molecule has 4 aliphatic heterocycles. The molecule has 4 saturated heterocycles. The minimum Gasteiger partial charge on any atom is -0.469 e. The lowest BCUT2D eigenvalue weighted by Gasteiger charge is -2.71. The molecule has 9 aliphatic rings. The lowest BCUT2D eigenvalue weighted by Crippen LogP contribution is -2.67. The largest absolute Gasteiger partial charge is 0.469 e. The summed E-state index contributed by atoms with van der Waals surface area (Å²) < 4.78 is 53.6. The highest BCUT2D eigenvalue weighted by Crippen LogP contribution is 2.76. The van der Waals surface area contributed by atoms with Gasteiger partial charge in [-0.05, 0) is 112 Å². The van der Waals surface area contributed by atoms with E-state index in [1.54, 1.807) is 0 Å². The first-order chi connectivity index (χ1) is 36.6. The maximum atomic E-state index is 14.9. The van der Waals surface area contributed by atoms with E-state index in [9.17, 15) is 76.0 Å². The third kappa shape index (κ3) is 9.53. The zero-order valence-corrected chi connectivity index (χ0v) is 45.6. The predicted octanol–water partition coefficient (Wildman–Crippen LogP) is -2.24. The van der Waals surface area contributed by atoms with Crippen molar-refractivity contribution in [2.75, 3.05) is 33.5 Å². The van der Waals surface area contributed by atoms with E-state index >= 15 is 0 Å². The lowest BCUT2D eigenvalue weighted by molar-refractivity contribution is -0.392. The van der Waals surface area contributed by atoms with Crippen LogP contribution in [0.2, 0.25) is 0 Å². The van der Waals surface area contributed by atoms with Gasteiger partial charge in [0.25, 0.3) is 0 Å². The van der Waals surface area contributed by atoms with E-state index in [4.69, 9.17) is 42.6 Å². The van der Waals surface area contributed by atoms with E-state index in [1.807, 2.05) is 13.8 Å². The van der Waals surface area contributed by atoms with E-state index in [0.717, 1.165) is 5.57 Å². The Morgan fingerprint density at radius 2 is 1.22 bits per heavy atom. The molecule has 78 heavy (non-hydrogen) atoms. The minimum atomic E-state index is -1.87. The van der Waals surface area contributed by atoms with E-state index < -0.39 is 181 Å². The number of ether oxygens (including phenoxy) is 9. The van der Waals surface area contributed by atoms with Crippen LogP contribution in [0, 0.1) is 50.2 Å². The number of rotatable bonds is 12. The summed E-state index contributed by atoms with van der Waals surface area (Å²) in [6.45, 7) is 9.85. The number of fused-ring (bicyclic) bond motifs is 7. The molecule has 29 unspecified atom stereocenters. The van der Waals surface area contributed by atoms with Crippen LogP contribution in [-0.2, 0) is 52.2 Å². The summed E-state index contributed by atoms with van der Waals surface area (Å²) in [6, 6.07) is 0. The first kappa shape index (κ1) is 60.5. The molecule has 29 atom stereocenters. The zero-order valence-electron chi connectivity index (χ0n) is 45.6. The molecule has 13 N–H and O–H groups in total. The van der Waals surface area contributed by atoms with E-state index in [-0.39, 0.29) is 43.3 Å². The van der Waals surface area contributed by atoms with Gasteiger partial charge in [0.05, 0.1) is 56.6 Å². The number of carbonyl (C=O) groups is 2. The maximum Gasteiger partial charge on any atom is 0.315 e. The van der Waals surface area contributed by atoms with Crippen molar-refractivity contribution in [1.82, 2.24) is 0 Å². The fraction of sp³-hybridized carbons (Fsp3) is 0.926. The number of allylic oxidation sites excluding steroid dienone is 2. The highest BCUT2D eigenvalue weighted by atomic mass is 16.8. The van der Waals surface area contributed by atoms with Crippen molar-refractivity contribution in [3.63, 3.8) is 0 Å². The number of methoxy groups -OCH3 is 1. The van der Waals surface area contributed by atoms with Gasteiger partial charge < -0.3 is 109 Å². The Kier molecular flexibility index (Phi) is 17.2. The van der Waals surface area contributed by atoms with Crippen molar-refractivity contribution in [3.8, 4) is 0 Å². The van der Waals surface area contributed by atoms with Crippen LogP contribution >= 0.6 is 0 Å². The number of hydrogen-bond donors (Lipinski definition) is 13. The van der Waals surface area contributed by atoms with Crippen LogP contribution in [0.3, 0.4) is 0 Å². The molecule has 0 aromatic heterocycles. The van der Waals surface area contributed by atoms with E-state index in [0.29, 0.717) is 51.4 Å². The van der Waals surface area contributed by atoms with Gasteiger partial charge in [-0.15, -0.1) is 0 Å². The van der Waals surface area contributed by atoms with Crippen molar-refractivity contribution in [3.05, 3.63) is 11.6 Å². The summed E-state index contributed by atoms with van der Waals surface area (Å²) in [5.74, 6) is -1.70. The van der Waals surface area contributed by atoms with Crippen molar-refractivity contribution in [2.45, 2.75) is 229 Å². The van der Waals surface area contributed by atoms with Crippen molar-refractivity contribution in [2.24, 2.45) is 50.2 Å². The molecule has 0 radical (unpaired) electrons. The van der Waals surface area contributed by atoms with Crippen LogP contribution in [0.1, 0.15) is 106 Å². The molecule has 4 heterocycles. The minimum absolute atomic E-state index is 0.0353. The third-order valence-electron chi connectivity index (χ3n) is 21.6. The Labute approximate surface area is 453 Å². The van der Waals surface area contributed by atoms with Crippen LogP contribution in [0.25, 0.3) is 0 Å². The van der Waals surface area contributed by atoms with Gasteiger partial charge in [-0.25, -0.2) is 0 Å². The van der Waals surface area contributed by atoms with Gasteiger partial charge in [0.15, 0.2) is 18.9 Å². The Morgan fingerprint density at radius 1 is 0.615 bits per heavy atom. The van der Waals surface area contributed by atoms with Crippen LogP contribution < -0.4 is 0 Å². The Morgan fingerprint density at radius 3 is 1.87 bits per heavy atom. The smallest absolute Gasteiger partial charge is 0.315 e. The summed E-state index contributed by atoms with van der Waals surface area (Å²) in [7, 11) is 1.34. The molecule has 446 valence electrons. The second-order valence-electron chi connectivity index (χ2n) is 25.5. The van der Waals surface area contributed by atoms with Gasteiger partial charge in [0.2, 0.25) is 6.29 Å². The van der Waals surface area contributed by atoms with Crippen LogP contribution in [0.4, 0.5) is 0 Å². The summed E-state index contributed by atoms with van der Waals surface area (Å²) in [5.41, 5.74) is -3.35. The number of aliphatic hydroxyl groups excluding tert-OH is 13. The van der Waals surface area contributed by atoms with Gasteiger partial charge in [0.1, 0.15) is 85.5 Å². The third-order valence-corrected chi connectivity index (χ3v) is 21.6. The summed E-state index contributed by atoms with van der Waals surface area (Å²) in [4.78, 5) is 28.5. The number of carbonyl (C=O) groups excluding carboxylic acids is 2. The van der Waals surface area contributed by atoms with Gasteiger partial charge in [-0.1, -0.05) is 39.3 Å². The SMILES string of the molecule is COC(=O)C1(C)CCC2(C(=O)OC3OC(CO)C(O)C(O)C3O)CCC3(C)C(=CCC4C5(C)CCC(OC6OCC(O)C(O)C6OC6OC(CO)C(O)C(O)C6OC6OC(C)C(O)C(O)C6O)C(C)(CO)C5CCC43C)C2C1. The number of hydrogen-bond acceptors (Lipinski definition) is 24. The monoisotopic (exact) mass is 1120 g/mol. The maximum absolute atomic E-state index is 14.9. The Bertz CT molecular complexity index is 2190. The molecule has 0 aromatic carbocycles. The number of esters is 2. The Hall–Kier alpha value is -2.12. The van der Waals surface area contributed by atoms with Crippen molar-refractivity contribution in [1.29, 1.82) is 0 Å². The highest BCUT2D eigenvalue weighted by molar-refractivity contribution is 5.81. The molecule has 0 amide bonds. The molecule has 5 aliphatic carbocycles.